The monoisotopic (exact) mass is 886 g/mol. The van der Waals surface area contributed by atoms with Gasteiger partial charge in [-0.3, -0.25) is 19.2 Å². The van der Waals surface area contributed by atoms with Crippen LogP contribution in [0.3, 0.4) is 0 Å². The number of nitrogens with one attached hydrogen (secondary N) is 1. The molecule has 61 heavy (non-hydrogen) atoms. The average molecular weight is 887 g/mol. The molecule has 1 aliphatic heterocycles. The number of carbonyl (C=O) groups is 4. The second kappa shape index (κ2) is 25.9. The number of benzene rings is 2. The Morgan fingerprint density at radius 2 is 1.46 bits per heavy atom. The van der Waals surface area contributed by atoms with Crippen molar-refractivity contribution >= 4 is 34.2 Å². The van der Waals surface area contributed by atoms with Crippen molar-refractivity contribution in [1.29, 1.82) is 0 Å². The first kappa shape index (κ1) is 49.7. The first-order valence-electron chi connectivity index (χ1n) is 18.5. The molecule has 24 heteroatoms. The summed E-state index contributed by atoms with van der Waals surface area (Å²) in [5.74, 6) is -3.54. The largest absolute Gasteiger partial charge is 0.501 e. The minimum Gasteiger partial charge on any atom is -0.496 e. The first-order chi connectivity index (χ1) is 29.2. The number of azide groups is 1. The first-order valence-corrected chi connectivity index (χ1v) is 19.9. The highest BCUT2D eigenvalue weighted by Gasteiger charge is 2.45. The van der Waals surface area contributed by atoms with E-state index in [0.717, 1.165) is 26.8 Å². The number of amides is 1. The van der Waals surface area contributed by atoms with Crippen LogP contribution < -0.4 is 27.9 Å². The molecule has 0 aromatic heterocycles. The van der Waals surface area contributed by atoms with Gasteiger partial charge in [0.1, 0.15) is 30.3 Å². The van der Waals surface area contributed by atoms with E-state index in [9.17, 15) is 27.6 Å². The van der Waals surface area contributed by atoms with Gasteiger partial charge in [0.25, 0.3) is 5.91 Å². The molecule has 3 rings (SSSR count). The zero-order valence-corrected chi connectivity index (χ0v) is 35.3. The Morgan fingerprint density at radius 3 is 2.05 bits per heavy atom. The van der Waals surface area contributed by atoms with Gasteiger partial charge in [0.05, 0.1) is 72.5 Å². The van der Waals surface area contributed by atoms with Gasteiger partial charge in [-0.05, 0) is 23.7 Å². The number of rotatable bonds is 27. The average Bonchev–Trinajstić information content (AvgIpc) is 3.20. The van der Waals surface area contributed by atoms with Crippen molar-refractivity contribution in [2.75, 3.05) is 80.7 Å². The van der Waals surface area contributed by atoms with Gasteiger partial charge in [0, 0.05) is 63.6 Å². The minimum atomic E-state index is -5.02. The summed E-state index contributed by atoms with van der Waals surface area (Å²) in [6, 6.07) is 6.15. The molecule has 1 N–H and O–H groups in total. The minimum absolute atomic E-state index is 0.0562. The zero-order valence-electron chi connectivity index (χ0n) is 34.5. The molecule has 1 unspecified atom stereocenters. The highest BCUT2D eigenvalue weighted by Crippen LogP contribution is 2.37. The van der Waals surface area contributed by atoms with Crippen LogP contribution in [0.4, 0.5) is 0 Å². The fourth-order valence-electron chi connectivity index (χ4n) is 5.50. The Kier molecular flexibility index (Phi) is 21.1. The van der Waals surface area contributed by atoms with E-state index >= 15 is 0 Å². The fraction of sp³-hybridized carbons (Fsp3) is 0.568. The van der Waals surface area contributed by atoms with Crippen molar-refractivity contribution in [3.05, 3.63) is 51.9 Å². The predicted octanol–water partition coefficient (Wildman–Crippen LogP) is 2.56. The summed E-state index contributed by atoms with van der Waals surface area (Å²) in [6.45, 7) is 4.75. The van der Waals surface area contributed by atoms with Crippen molar-refractivity contribution < 1.29 is 88.1 Å². The van der Waals surface area contributed by atoms with Gasteiger partial charge in [0.15, 0.2) is 23.4 Å². The third-order valence-corrected chi connectivity index (χ3v) is 8.73. The molecule has 0 saturated carbocycles. The van der Waals surface area contributed by atoms with E-state index in [1.807, 2.05) is 0 Å². The Morgan fingerprint density at radius 1 is 0.820 bits per heavy atom. The fourth-order valence-corrected chi connectivity index (χ4v) is 6.21. The lowest BCUT2D eigenvalue weighted by molar-refractivity contribution is -0.245. The van der Waals surface area contributed by atoms with E-state index < -0.39 is 71.2 Å². The topological polar surface area (TPSA) is 283 Å². The third-order valence-electron chi connectivity index (χ3n) is 7.95. The van der Waals surface area contributed by atoms with E-state index in [1.165, 1.54) is 45.6 Å². The lowest BCUT2D eigenvalue weighted by atomic mass is 10.0. The van der Waals surface area contributed by atoms with E-state index in [2.05, 4.69) is 15.3 Å². The van der Waals surface area contributed by atoms with Crippen molar-refractivity contribution in [2.24, 2.45) is 5.11 Å². The summed E-state index contributed by atoms with van der Waals surface area (Å²) in [4.78, 5) is 51.6. The van der Waals surface area contributed by atoms with Crippen LogP contribution >= 0.6 is 0 Å². The van der Waals surface area contributed by atoms with E-state index in [4.69, 9.17) is 66.0 Å². The number of carbonyl (C=O) groups excluding carboxylic acids is 4. The van der Waals surface area contributed by atoms with Crippen molar-refractivity contribution in [2.45, 2.75) is 58.4 Å². The number of ether oxygens (including phenoxy) is 11. The number of hydrogen-bond donors (Lipinski definition) is 1. The lowest BCUT2D eigenvalue weighted by Gasteiger charge is -2.39. The summed E-state index contributed by atoms with van der Waals surface area (Å²) < 4.78 is 97.6. The molecular formula is C37H50N4O19S. The molecular weight excluding hydrogens is 836 g/mol. The van der Waals surface area contributed by atoms with Crippen molar-refractivity contribution in [3.8, 4) is 28.7 Å². The van der Waals surface area contributed by atoms with Crippen molar-refractivity contribution in [1.82, 2.24) is 5.32 Å². The third kappa shape index (κ3) is 17.5. The van der Waals surface area contributed by atoms with Gasteiger partial charge in [-0.2, -0.15) is 0 Å². The maximum absolute atomic E-state index is 13.5. The quantitative estimate of drug-likeness (QED) is 0.0337. The van der Waals surface area contributed by atoms with Gasteiger partial charge >= 0.3 is 28.3 Å². The zero-order chi connectivity index (χ0) is 44.8. The molecule has 338 valence electrons. The second-order valence-electron chi connectivity index (χ2n) is 12.5. The Labute approximate surface area is 351 Å². The van der Waals surface area contributed by atoms with Crippen LogP contribution in [0.15, 0.2) is 35.4 Å². The molecule has 2 aromatic rings. The molecule has 1 fully saturated rings. The molecule has 0 aliphatic carbocycles. The van der Waals surface area contributed by atoms with Gasteiger partial charge in [-0.15, -0.1) is 8.42 Å². The van der Waals surface area contributed by atoms with Crippen LogP contribution in [0.1, 0.15) is 43.1 Å². The summed E-state index contributed by atoms with van der Waals surface area (Å²) >= 11 is 0. The van der Waals surface area contributed by atoms with E-state index in [1.54, 1.807) is 0 Å². The number of esters is 3. The Balaban J connectivity index is 1.83. The number of nitrogens with zero attached hydrogens (tertiary/aromatic N) is 3. The van der Waals surface area contributed by atoms with Gasteiger partial charge < -0.3 is 65.8 Å². The van der Waals surface area contributed by atoms with Crippen molar-refractivity contribution in [3.63, 3.8) is 0 Å². The van der Waals surface area contributed by atoms with Crippen LogP contribution in [-0.4, -0.2) is 138 Å². The summed E-state index contributed by atoms with van der Waals surface area (Å²) in [7, 11) is -0.867. The highest BCUT2D eigenvalue weighted by atomic mass is 32.3. The maximum atomic E-state index is 13.5. The lowest BCUT2D eigenvalue weighted by Crippen LogP contribution is -2.54. The van der Waals surface area contributed by atoms with Gasteiger partial charge in [-0.1, -0.05) is 5.11 Å². The Bertz CT molecular complexity index is 1900. The summed E-state index contributed by atoms with van der Waals surface area (Å²) in [6.07, 6.45) is -5.23. The predicted molar refractivity (Wildman–Crippen MR) is 207 cm³/mol. The summed E-state index contributed by atoms with van der Waals surface area (Å²) in [5, 5.41) is 6.01. The SMILES string of the molecule is COCc1c(OC)cc(OS(=O)(=O)Oc2cc(C(=O)NCCOCCOCCOCCN=[N+]=[N-])ccc2OC2C[C@@H](OC(C)=O)[C@@H](OC(C)=O)[C@@H](COC(C)=O)O2)cc1OC. The standard InChI is InChI=1S/C37H50N4O19S/c1-23(42)54-22-34-36(56-25(3)44)33(55-24(2)43)20-35(58-34)57-29-8-7-26(37(45)39-9-11-51-13-15-53-16-14-52-12-10-40-41-38)17-32(29)60-61(46,47)59-27-18-30(49-5)28(21-48-4)31(19-27)50-6/h7-8,17-19,33-36H,9-16,20-22H2,1-6H3,(H,39,45)/t33-,34-,35?,36-/m1/s1. The number of hydrogen-bond acceptors (Lipinski definition) is 20. The molecule has 1 amide bonds. The summed E-state index contributed by atoms with van der Waals surface area (Å²) in [5.41, 5.74) is 8.65. The van der Waals surface area contributed by atoms with Crippen LogP contribution in [0.5, 0.6) is 28.7 Å². The number of methoxy groups -OCH3 is 3. The highest BCUT2D eigenvalue weighted by molar-refractivity contribution is 7.82. The molecule has 0 radical (unpaired) electrons. The molecule has 23 nitrogen and oxygen atoms in total. The molecule has 1 aliphatic rings. The molecule has 0 spiro atoms. The van der Waals surface area contributed by atoms with Crippen LogP contribution in [0, 0.1) is 0 Å². The maximum Gasteiger partial charge on any atom is 0.501 e. The molecule has 0 bridgehead atoms. The van der Waals surface area contributed by atoms with E-state index in [-0.39, 0.29) is 81.1 Å². The van der Waals surface area contributed by atoms with E-state index in [0.29, 0.717) is 18.8 Å². The normalized spacial score (nSPS) is 17.2. The Hall–Kier alpha value is -5.62. The van der Waals surface area contributed by atoms with Gasteiger partial charge in [0.2, 0.25) is 6.29 Å². The molecule has 1 saturated heterocycles. The smallest absolute Gasteiger partial charge is 0.496 e. The molecule has 4 atom stereocenters. The second-order valence-corrected chi connectivity index (χ2v) is 13.7. The van der Waals surface area contributed by atoms with Crippen LogP contribution in [-0.2, 0) is 69.3 Å². The molecule has 2 aromatic carbocycles. The molecule has 1 heterocycles. The van der Waals surface area contributed by atoms with Crippen LogP contribution in [0.2, 0.25) is 0 Å². The van der Waals surface area contributed by atoms with Gasteiger partial charge in [-0.25, -0.2) is 0 Å². The van der Waals surface area contributed by atoms with Crippen LogP contribution in [0.25, 0.3) is 10.4 Å².